The summed E-state index contributed by atoms with van der Waals surface area (Å²) in [5.41, 5.74) is -0.550. The minimum atomic E-state index is -2.99. The highest BCUT2D eigenvalue weighted by Crippen LogP contribution is 2.15. The van der Waals surface area contributed by atoms with Crippen molar-refractivity contribution in [1.82, 2.24) is 4.12 Å². The lowest BCUT2D eigenvalue weighted by Gasteiger charge is -1.99. The van der Waals surface area contributed by atoms with Crippen LogP contribution in [0, 0.1) is 0 Å². The maximum Gasteiger partial charge on any atom is 0.407 e. The molecule has 2 aromatic rings. The highest BCUT2D eigenvalue weighted by molar-refractivity contribution is 7.13. The largest absolute Gasteiger partial charge is 0.407 e. The van der Waals surface area contributed by atoms with Crippen molar-refractivity contribution < 1.29 is 13.6 Å². The lowest BCUT2D eigenvalue weighted by atomic mass is 10.3. The van der Waals surface area contributed by atoms with Gasteiger partial charge in [-0.25, -0.2) is 0 Å². The van der Waals surface area contributed by atoms with Gasteiger partial charge in [0.2, 0.25) is 0 Å². The molecule has 0 atom stereocenters. The minimum absolute atomic E-state index is 0.387. The SMILES string of the molecule is O=c1c2ccccc2sn1OC(F)F. The second kappa shape index (κ2) is 3.38. The molecule has 0 N–H and O–H groups in total. The summed E-state index contributed by atoms with van der Waals surface area (Å²) in [6.07, 6.45) is 0. The molecule has 1 aromatic heterocycles. The van der Waals surface area contributed by atoms with Crippen LogP contribution in [-0.2, 0) is 0 Å². The second-order valence-corrected chi connectivity index (χ2v) is 3.47. The maximum atomic E-state index is 11.9. The fourth-order valence-electron chi connectivity index (χ4n) is 1.09. The van der Waals surface area contributed by atoms with Crippen LogP contribution >= 0.6 is 11.5 Å². The van der Waals surface area contributed by atoms with Gasteiger partial charge in [-0.15, -0.1) is 0 Å². The summed E-state index contributed by atoms with van der Waals surface area (Å²) in [5.74, 6) is 0. The predicted octanol–water partition coefficient (Wildman–Crippen LogP) is 1.71. The topological polar surface area (TPSA) is 31.2 Å². The standard InChI is InChI=1S/C8H5F2NO2S/c9-8(10)13-11-7(12)5-3-1-2-4-6(5)14-11/h1-4,8H. The Morgan fingerprint density at radius 2 is 2.07 bits per heavy atom. The van der Waals surface area contributed by atoms with E-state index in [4.69, 9.17) is 0 Å². The number of nitrogens with zero attached hydrogens (tertiary/aromatic N) is 1. The van der Waals surface area contributed by atoms with Gasteiger partial charge in [-0.3, -0.25) is 4.79 Å². The van der Waals surface area contributed by atoms with Gasteiger partial charge in [-0.2, -0.15) is 8.78 Å². The molecule has 1 heterocycles. The Balaban J connectivity index is 2.57. The molecule has 0 saturated heterocycles. The molecule has 1 aromatic carbocycles. The van der Waals surface area contributed by atoms with Crippen LogP contribution in [0.2, 0.25) is 0 Å². The first kappa shape index (κ1) is 9.14. The monoisotopic (exact) mass is 217 g/mol. The molecule has 3 nitrogen and oxygen atoms in total. The highest BCUT2D eigenvalue weighted by Gasteiger charge is 2.11. The molecule has 0 fully saturated rings. The molecule has 0 aliphatic rings. The summed E-state index contributed by atoms with van der Waals surface area (Å²) >= 11 is 0.854. The van der Waals surface area contributed by atoms with Crippen LogP contribution < -0.4 is 10.4 Å². The third kappa shape index (κ3) is 1.48. The van der Waals surface area contributed by atoms with Gasteiger partial charge < -0.3 is 4.84 Å². The van der Waals surface area contributed by atoms with Crippen molar-refractivity contribution in [2.75, 3.05) is 0 Å². The zero-order chi connectivity index (χ0) is 10.1. The molecule has 74 valence electrons. The lowest BCUT2D eigenvalue weighted by molar-refractivity contribution is -0.125. The third-order valence-electron chi connectivity index (χ3n) is 1.64. The summed E-state index contributed by atoms with van der Waals surface area (Å²) in [6, 6.07) is 6.64. The molecule has 0 spiro atoms. The van der Waals surface area contributed by atoms with Gasteiger partial charge in [0.25, 0.3) is 0 Å². The Labute approximate surface area is 81.2 Å². The van der Waals surface area contributed by atoms with Gasteiger partial charge in [0.1, 0.15) is 0 Å². The molecule has 0 unspecified atom stereocenters. The maximum absolute atomic E-state index is 11.9. The van der Waals surface area contributed by atoms with E-state index >= 15 is 0 Å². The Hall–Kier alpha value is -1.43. The number of rotatable bonds is 2. The normalized spacial score (nSPS) is 11.1. The van der Waals surface area contributed by atoms with Crippen LogP contribution in [0.5, 0.6) is 0 Å². The van der Waals surface area contributed by atoms with Crippen molar-refractivity contribution >= 4 is 21.6 Å². The van der Waals surface area contributed by atoms with Crippen LogP contribution in [0.15, 0.2) is 29.1 Å². The summed E-state index contributed by atoms with van der Waals surface area (Å²) < 4.78 is 24.9. The number of aromatic nitrogens is 1. The molecule has 14 heavy (non-hydrogen) atoms. The van der Waals surface area contributed by atoms with Gasteiger partial charge in [-0.1, -0.05) is 16.3 Å². The smallest absolute Gasteiger partial charge is 0.331 e. The van der Waals surface area contributed by atoms with E-state index in [0.717, 1.165) is 11.5 Å². The third-order valence-corrected chi connectivity index (χ3v) is 2.61. The van der Waals surface area contributed by atoms with Crippen LogP contribution in [-0.4, -0.2) is 10.7 Å². The van der Waals surface area contributed by atoms with E-state index < -0.39 is 12.2 Å². The number of hydrogen-bond acceptors (Lipinski definition) is 3. The average molecular weight is 217 g/mol. The Morgan fingerprint density at radius 1 is 1.36 bits per heavy atom. The van der Waals surface area contributed by atoms with E-state index in [0.29, 0.717) is 14.2 Å². The average Bonchev–Trinajstić information content (AvgIpc) is 2.44. The van der Waals surface area contributed by atoms with E-state index in [1.807, 2.05) is 0 Å². The summed E-state index contributed by atoms with van der Waals surface area (Å²) in [7, 11) is 0. The van der Waals surface area contributed by atoms with Crippen LogP contribution in [0.4, 0.5) is 8.78 Å². The Kier molecular flexibility index (Phi) is 2.20. The summed E-state index contributed by atoms with van der Waals surface area (Å²) in [5, 5.41) is 0.387. The van der Waals surface area contributed by atoms with Gasteiger partial charge in [-0.05, 0) is 23.7 Å². The van der Waals surface area contributed by atoms with Gasteiger partial charge >= 0.3 is 12.2 Å². The van der Waals surface area contributed by atoms with Gasteiger partial charge in [0, 0.05) is 0 Å². The molecule has 0 saturated carbocycles. The zero-order valence-electron chi connectivity index (χ0n) is 6.81. The van der Waals surface area contributed by atoms with Crippen molar-refractivity contribution in [1.29, 1.82) is 0 Å². The fraction of sp³-hybridized carbons (Fsp3) is 0.125. The first-order chi connectivity index (χ1) is 6.68. The number of hydrogen-bond donors (Lipinski definition) is 0. The summed E-state index contributed by atoms with van der Waals surface area (Å²) in [6.45, 7) is -2.99. The molecule has 0 aliphatic carbocycles. The molecule has 0 aliphatic heterocycles. The summed E-state index contributed by atoms with van der Waals surface area (Å²) in [4.78, 5) is 15.4. The Bertz CT molecular complexity index is 505. The molecule has 6 heteroatoms. The zero-order valence-corrected chi connectivity index (χ0v) is 7.63. The van der Waals surface area contributed by atoms with Gasteiger partial charge in [0.05, 0.1) is 10.1 Å². The van der Waals surface area contributed by atoms with Crippen molar-refractivity contribution in [3.63, 3.8) is 0 Å². The molecular formula is C8H5F2NO2S. The van der Waals surface area contributed by atoms with Crippen molar-refractivity contribution in [3.8, 4) is 0 Å². The highest BCUT2D eigenvalue weighted by atomic mass is 32.1. The van der Waals surface area contributed by atoms with Crippen LogP contribution in [0.1, 0.15) is 0 Å². The fourth-order valence-corrected chi connectivity index (χ4v) is 1.95. The van der Waals surface area contributed by atoms with E-state index in [1.54, 1.807) is 24.3 Å². The molecule has 0 amide bonds. The number of fused-ring (bicyclic) bond motifs is 1. The first-order valence-corrected chi connectivity index (χ1v) is 4.52. The number of halogens is 2. The number of alkyl halides is 2. The molecular weight excluding hydrogens is 212 g/mol. The minimum Gasteiger partial charge on any atom is -0.331 e. The van der Waals surface area contributed by atoms with Gasteiger partial charge in [0.15, 0.2) is 0 Å². The second-order valence-electron chi connectivity index (χ2n) is 2.52. The quantitative estimate of drug-likeness (QED) is 0.766. The first-order valence-electron chi connectivity index (χ1n) is 3.75. The molecule has 2 rings (SSSR count). The van der Waals surface area contributed by atoms with E-state index in [2.05, 4.69) is 4.84 Å². The van der Waals surface area contributed by atoms with E-state index in [-0.39, 0.29) is 0 Å². The predicted molar refractivity (Wildman–Crippen MR) is 48.7 cm³/mol. The molecule has 0 bridgehead atoms. The van der Waals surface area contributed by atoms with Crippen molar-refractivity contribution in [3.05, 3.63) is 34.6 Å². The molecule has 0 radical (unpaired) electrons. The van der Waals surface area contributed by atoms with Crippen molar-refractivity contribution in [2.24, 2.45) is 0 Å². The number of benzene rings is 1. The Morgan fingerprint density at radius 3 is 2.71 bits per heavy atom. The van der Waals surface area contributed by atoms with E-state index in [1.165, 1.54) is 0 Å². The lowest BCUT2D eigenvalue weighted by Crippen LogP contribution is -2.24. The van der Waals surface area contributed by atoms with E-state index in [9.17, 15) is 13.6 Å². The van der Waals surface area contributed by atoms with Crippen LogP contribution in [0.3, 0.4) is 0 Å². The van der Waals surface area contributed by atoms with Crippen LogP contribution in [0.25, 0.3) is 10.1 Å². The van der Waals surface area contributed by atoms with Crippen molar-refractivity contribution in [2.45, 2.75) is 6.61 Å².